The van der Waals surface area contributed by atoms with E-state index >= 15 is 0 Å². The highest BCUT2D eigenvalue weighted by atomic mass is 32.2. The molecule has 0 aromatic rings. The van der Waals surface area contributed by atoms with Crippen LogP contribution in [0.3, 0.4) is 0 Å². The zero-order valence-corrected chi connectivity index (χ0v) is 12.9. The average molecular weight is 289 g/mol. The minimum Gasteiger partial charge on any atom is -0.329 e. The van der Waals surface area contributed by atoms with Gasteiger partial charge < -0.3 is 5.73 Å². The van der Waals surface area contributed by atoms with Crippen molar-refractivity contribution in [3.05, 3.63) is 0 Å². The Balaban J connectivity index is 2.06. The number of nitrogens with two attached hydrogens (primary N) is 1. The van der Waals surface area contributed by atoms with Gasteiger partial charge in [0.15, 0.2) is 0 Å². The summed E-state index contributed by atoms with van der Waals surface area (Å²) < 4.78 is 28.4. The van der Waals surface area contributed by atoms with E-state index < -0.39 is 10.2 Å². The van der Waals surface area contributed by atoms with Crippen molar-refractivity contribution in [2.24, 2.45) is 11.7 Å². The first-order valence-electron chi connectivity index (χ1n) is 7.39. The molecule has 0 bridgehead atoms. The van der Waals surface area contributed by atoms with E-state index in [2.05, 4.69) is 0 Å². The normalized spacial score (nSPS) is 24.1. The van der Waals surface area contributed by atoms with E-state index in [1.165, 1.54) is 10.7 Å². The van der Waals surface area contributed by atoms with Crippen molar-refractivity contribution in [3.63, 3.8) is 0 Å². The lowest BCUT2D eigenvalue weighted by Gasteiger charge is -2.36. The first-order chi connectivity index (χ1) is 8.98. The Hall–Kier alpha value is -0.170. The van der Waals surface area contributed by atoms with Gasteiger partial charge in [0, 0.05) is 32.7 Å². The van der Waals surface area contributed by atoms with Crippen LogP contribution in [0.25, 0.3) is 0 Å². The van der Waals surface area contributed by atoms with Gasteiger partial charge in [0.25, 0.3) is 10.2 Å². The Morgan fingerprint density at radius 3 is 2.16 bits per heavy atom. The second-order valence-electron chi connectivity index (χ2n) is 5.97. The molecule has 2 N–H and O–H groups in total. The third kappa shape index (κ3) is 3.29. The molecule has 2 saturated carbocycles. The van der Waals surface area contributed by atoms with Crippen molar-refractivity contribution in [2.75, 3.05) is 20.6 Å². The molecule has 2 fully saturated rings. The third-order valence-corrected chi connectivity index (χ3v) is 6.72. The lowest BCUT2D eigenvalue weighted by Crippen LogP contribution is -2.51. The van der Waals surface area contributed by atoms with Crippen molar-refractivity contribution in [1.29, 1.82) is 0 Å². The van der Waals surface area contributed by atoms with E-state index in [0.717, 1.165) is 38.5 Å². The van der Waals surface area contributed by atoms with E-state index in [4.69, 9.17) is 5.73 Å². The van der Waals surface area contributed by atoms with Crippen LogP contribution < -0.4 is 5.73 Å². The molecule has 2 aliphatic carbocycles. The lowest BCUT2D eigenvalue weighted by molar-refractivity contribution is 0.250. The minimum absolute atomic E-state index is 0.0314. The van der Waals surface area contributed by atoms with Crippen LogP contribution in [-0.2, 0) is 10.2 Å². The monoisotopic (exact) mass is 289 g/mol. The molecule has 0 aliphatic heterocycles. The number of rotatable bonds is 6. The Bertz CT molecular complexity index is 389. The first kappa shape index (κ1) is 15.2. The summed E-state index contributed by atoms with van der Waals surface area (Å²) in [7, 11) is 0.0412. The smallest absolute Gasteiger partial charge is 0.282 e. The largest absolute Gasteiger partial charge is 0.329 e. The van der Waals surface area contributed by atoms with Crippen LogP contribution in [0.15, 0.2) is 0 Å². The molecule has 2 rings (SSSR count). The molecule has 6 heteroatoms. The van der Waals surface area contributed by atoms with E-state index in [1.807, 2.05) is 0 Å². The molecule has 0 aromatic heterocycles. The second-order valence-corrected chi connectivity index (χ2v) is 8.02. The van der Waals surface area contributed by atoms with Crippen molar-refractivity contribution in [3.8, 4) is 0 Å². The maximum atomic E-state index is 12.7. The number of hydrogen-bond donors (Lipinski definition) is 1. The summed E-state index contributed by atoms with van der Waals surface area (Å²) in [5, 5.41) is 0. The molecular weight excluding hydrogens is 262 g/mol. The quantitative estimate of drug-likeness (QED) is 0.798. The second kappa shape index (κ2) is 6.08. The van der Waals surface area contributed by atoms with Gasteiger partial charge >= 0.3 is 0 Å². The van der Waals surface area contributed by atoms with Crippen molar-refractivity contribution in [1.82, 2.24) is 8.61 Å². The van der Waals surface area contributed by atoms with Crippen molar-refractivity contribution < 1.29 is 8.42 Å². The Labute approximate surface area is 117 Å². The van der Waals surface area contributed by atoms with Crippen LogP contribution in [-0.4, -0.2) is 49.8 Å². The molecule has 1 atom stereocenters. The summed E-state index contributed by atoms with van der Waals surface area (Å²) in [6.07, 6.45) is 7.69. The zero-order chi connectivity index (χ0) is 14.0. The summed E-state index contributed by atoms with van der Waals surface area (Å²) in [6, 6.07) is 0.134. The van der Waals surface area contributed by atoms with E-state index in [1.54, 1.807) is 18.4 Å². The zero-order valence-electron chi connectivity index (χ0n) is 12.1. The van der Waals surface area contributed by atoms with Gasteiger partial charge in [-0.05, 0) is 31.6 Å². The van der Waals surface area contributed by atoms with Crippen LogP contribution in [0, 0.1) is 5.92 Å². The Morgan fingerprint density at radius 2 is 1.68 bits per heavy atom. The molecule has 5 nitrogen and oxygen atoms in total. The van der Waals surface area contributed by atoms with Gasteiger partial charge in [-0.15, -0.1) is 0 Å². The molecule has 0 radical (unpaired) electrons. The fraction of sp³-hybridized carbons (Fsp3) is 1.00. The highest BCUT2D eigenvalue weighted by Gasteiger charge is 2.40. The molecule has 1 unspecified atom stereocenters. The molecule has 0 saturated heterocycles. The van der Waals surface area contributed by atoms with Crippen molar-refractivity contribution in [2.45, 2.75) is 57.0 Å². The topological polar surface area (TPSA) is 66.6 Å². The van der Waals surface area contributed by atoms with Gasteiger partial charge in [0.2, 0.25) is 0 Å². The average Bonchev–Trinajstić information content (AvgIpc) is 3.24. The number of likely N-dealkylation sites (N-methyl/N-ethyl adjacent to an activating group) is 1. The highest BCUT2D eigenvalue weighted by molar-refractivity contribution is 7.86. The summed E-state index contributed by atoms with van der Waals surface area (Å²) in [4.78, 5) is 0. The summed E-state index contributed by atoms with van der Waals surface area (Å²) >= 11 is 0. The first-order valence-corrected chi connectivity index (χ1v) is 8.79. The van der Waals surface area contributed by atoms with E-state index in [-0.39, 0.29) is 12.1 Å². The van der Waals surface area contributed by atoms with E-state index in [0.29, 0.717) is 12.5 Å². The van der Waals surface area contributed by atoms with Gasteiger partial charge in [-0.25, -0.2) is 0 Å². The van der Waals surface area contributed by atoms with Crippen molar-refractivity contribution >= 4 is 10.2 Å². The molecule has 0 amide bonds. The summed E-state index contributed by atoms with van der Waals surface area (Å²) in [5.41, 5.74) is 5.77. The maximum absolute atomic E-state index is 12.7. The molecule has 0 heterocycles. The predicted molar refractivity (Wildman–Crippen MR) is 76.9 cm³/mol. The lowest BCUT2D eigenvalue weighted by atomic mass is 9.96. The maximum Gasteiger partial charge on any atom is 0.282 e. The van der Waals surface area contributed by atoms with Gasteiger partial charge in [0.05, 0.1) is 0 Å². The molecule has 112 valence electrons. The fourth-order valence-corrected chi connectivity index (χ4v) is 4.72. The molecule has 0 spiro atoms. The number of nitrogens with zero attached hydrogens (tertiary/aromatic N) is 2. The highest BCUT2D eigenvalue weighted by Crippen LogP contribution is 2.36. The van der Waals surface area contributed by atoms with Crippen LogP contribution in [0.4, 0.5) is 0 Å². The molecule has 19 heavy (non-hydrogen) atoms. The summed E-state index contributed by atoms with van der Waals surface area (Å²) in [5.74, 6) is 0.463. The third-order valence-electron chi connectivity index (χ3n) is 4.69. The Morgan fingerprint density at radius 1 is 1.11 bits per heavy atom. The van der Waals surface area contributed by atoms with Gasteiger partial charge in [-0.3, -0.25) is 0 Å². The Kier molecular flexibility index (Phi) is 4.87. The predicted octanol–water partition coefficient (Wildman–Crippen LogP) is 1.16. The SMILES string of the molecule is CN(C1CCCCC1)S(=O)(=O)N(C)C(CN)C1CC1. The molecule has 2 aliphatic rings. The minimum atomic E-state index is -3.37. The van der Waals surface area contributed by atoms with E-state index in [9.17, 15) is 8.42 Å². The standard InChI is InChI=1S/C13H27N3O2S/c1-15(12-6-4-3-5-7-12)19(17,18)16(2)13(10-14)11-8-9-11/h11-13H,3-10,14H2,1-2H3. The van der Waals surface area contributed by atoms with Gasteiger partial charge in [-0.2, -0.15) is 17.0 Å². The summed E-state index contributed by atoms with van der Waals surface area (Å²) in [6.45, 7) is 0.416. The number of hydrogen-bond acceptors (Lipinski definition) is 3. The van der Waals surface area contributed by atoms with Crippen LogP contribution >= 0.6 is 0 Å². The van der Waals surface area contributed by atoms with Crippen LogP contribution in [0.5, 0.6) is 0 Å². The molecular formula is C13H27N3O2S. The van der Waals surface area contributed by atoms with Gasteiger partial charge in [0.1, 0.15) is 0 Å². The molecule has 0 aromatic carbocycles. The van der Waals surface area contributed by atoms with Crippen LogP contribution in [0.2, 0.25) is 0 Å². The fourth-order valence-electron chi connectivity index (χ4n) is 3.13. The van der Waals surface area contributed by atoms with Gasteiger partial charge in [-0.1, -0.05) is 19.3 Å². The van der Waals surface area contributed by atoms with Crippen LogP contribution in [0.1, 0.15) is 44.9 Å².